The SMILES string of the molecule is OC12CC3CC(C1)CC(C14CC5CC(CC(O)(C5)C1)C4)(C3)C2. The Hall–Kier alpha value is -0.0800. The molecule has 0 radical (unpaired) electrons. The zero-order chi connectivity index (χ0) is 14.8. The van der Waals surface area contributed by atoms with Gasteiger partial charge in [-0.15, -0.1) is 0 Å². The molecule has 8 bridgehead atoms. The van der Waals surface area contributed by atoms with Crippen LogP contribution >= 0.6 is 0 Å². The predicted molar refractivity (Wildman–Crippen MR) is 84.1 cm³/mol. The van der Waals surface area contributed by atoms with Crippen LogP contribution in [0, 0.1) is 34.5 Å². The summed E-state index contributed by atoms with van der Waals surface area (Å²) in [5, 5.41) is 22.3. The summed E-state index contributed by atoms with van der Waals surface area (Å²) in [5.41, 5.74) is 0.0984. The van der Waals surface area contributed by atoms with Crippen molar-refractivity contribution >= 4 is 0 Å². The average Bonchev–Trinajstić information content (AvgIpc) is 2.31. The molecule has 4 unspecified atom stereocenters. The number of aliphatic hydroxyl groups is 2. The van der Waals surface area contributed by atoms with Crippen molar-refractivity contribution in [3.63, 3.8) is 0 Å². The smallest absolute Gasteiger partial charge is 0.0658 e. The van der Waals surface area contributed by atoms with Gasteiger partial charge >= 0.3 is 0 Å². The summed E-state index contributed by atoms with van der Waals surface area (Å²) in [6.07, 6.45) is 14.7. The molecule has 2 heteroatoms. The summed E-state index contributed by atoms with van der Waals surface area (Å²) < 4.78 is 0. The van der Waals surface area contributed by atoms with Gasteiger partial charge in [-0.25, -0.2) is 0 Å². The van der Waals surface area contributed by atoms with Crippen LogP contribution in [0.3, 0.4) is 0 Å². The predicted octanol–water partition coefficient (Wildman–Crippen LogP) is 3.65. The van der Waals surface area contributed by atoms with Gasteiger partial charge in [-0.05, 0) is 112 Å². The van der Waals surface area contributed by atoms with Gasteiger partial charge in [0.05, 0.1) is 11.2 Å². The van der Waals surface area contributed by atoms with Crippen LogP contribution in [0.25, 0.3) is 0 Å². The van der Waals surface area contributed by atoms with Gasteiger partial charge in [0.25, 0.3) is 0 Å². The minimum Gasteiger partial charge on any atom is -0.390 e. The number of hydrogen-bond acceptors (Lipinski definition) is 2. The molecule has 0 aromatic carbocycles. The molecule has 2 nitrogen and oxygen atoms in total. The minimum absolute atomic E-state index is 0.337. The molecule has 0 amide bonds. The molecule has 0 saturated heterocycles. The molecular formula is C20H30O2. The number of rotatable bonds is 1. The monoisotopic (exact) mass is 302 g/mol. The molecule has 2 N–H and O–H groups in total. The Balaban J connectivity index is 1.46. The fraction of sp³-hybridized carbons (Fsp3) is 1.00. The minimum atomic E-state index is -0.337. The average molecular weight is 302 g/mol. The highest BCUT2D eigenvalue weighted by Crippen LogP contribution is 2.75. The van der Waals surface area contributed by atoms with Gasteiger partial charge < -0.3 is 10.2 Å². The highest BCUT2D eigenvalue weighted by atomic mass is 16.3. The molecule has 8 aliphatic carbocycles. The van der Waals surface area contributed by atoms with Gasteiger partial charge in [-0.2, -0.15) is 0 Å². The number of hydrogen-bond donors (Lipinski definition) is 2. The van der Waals surface area contributed by atoms with E-state index in [9.17, 15) is 10.2 Å². The molecule has 8 fully saturated rings. The Labute approximate surface area is 133 Å². The molecule has 22 heavy (non-hydrogen) atoms. The Kier molecular flexibility index (Phi) is 2.18. The molecule has 4 atom stereocenters. The lowest BCUT2D eigenvalue weighted by atomic mass is 9.34. The third-order valence-corrected chi connectivity index (χ3v) is 9.19. The van der Waals surface area contributed by atoms with E-state index < -0.39 is 0 Å². The van der Waals surface area contributed by atoms with Crippen molar-refractivity contribution in [2.45, 2.75) is 88.3 Å². The topological polar surface area (TPSA) is 40.5 Å². The van der Waals surface area contributed by atoms with Gasteiger partial charge in [0.1, 0.15) is 0 Å². The normalized spacial score (nSPS) is 67.9. The molecule has 122 valence electrons. The lowest BCUT2D eigenvalue weighted by molar-refractivity contribution is -0.265. The van der Waals surface area contributed by atoms with E-state index >= 15 is 0 Å². The highest BCUT2D eigenvalue weighted by Gasteiger charge is 2.69. The highest BCUT2D eigenvalue weighted by molar-refractivity contribution is 5.20. The van der Waals surface area contributed by atoms with Crippen molar-refractivity contribution < 1.29 is 10.2 Å². The zero-order valence-corrected chi connectivity index (χ0v) is 13.7. The van der Waals surface area contributed by atoms with Crippen LogP contribution in [-0.2, 0) is 0 Å². The van der Waals surface area contributed by atoms with Gasteiger partial charge in [0.15, 0.2) is 0 Å². The largest absolute Gasteiger partial charge is 0.390 e. The maximum atomic E-state index is 11.2. The first kappa shape index (κ1) is 13.2. The summed E-state index contributed by atoms with van der Waals surface area (Å²) in [6, 6.07) is 0. The summed E-state index contributed by atoms with van der Waals surface area (Å²) in [7, 11) is 0. The van der Waals surface area contributed by atoms with Crippen molar-refractivity contribution in [2.75, 3.05) is 0 Å². The van der Waals surface area contributed by atoms with E-state index in [1.165, 1.54) is 38.5 Å². The second-order valence-corrected chi connectivity index (χ2v) is 10.9. The zero-order valence-electron chi connectivity index (χ0n) is 13.7. The van der Waals surface area contributed by atoms with E-state index in [1.807, 2.05) is 0 Å². The van der Waals surface area contributed by atoms with Crippen LogP contribution in [0.2, 0.25) is 0 Å². The third-order valence-electron chi connectivity index (χ3n) is 9.19. The molecule has 0 heterocycles. The van der Waals surface area contributed by atoms with Crippen molar-refractivity contribution in [1.82, 2.24) is 0 Å². The van der Waals surface area contributed by atoms with Crippen LogP contribution in [0.4, 0.5) is 0 Å². The van der Waals surface area contributed by atoms with Crippen LogP contribution in [0.15, 0.2) is 0 Å². The summed E-state index contributed by atoms with van der Waals surface area (Å²) >= 11 is 0. The van der Waals surface area contributed by atoms with Gasteiger partial charge in [-0.3, -0.25) is 0 Å². The fourth-order valence-corrected chi connectivity index (χ4v) is 9.67. The van der Waals surface area contributed by atoms with Crippen LogP contribution in [0.5, 0.6) is 0 Å². The van der Waals surface area contributed by atoms with E-state index in [1.54, 1.807) is 0 Å². The molecule has 0 aliphatic heterocycles. The first-order valence-electron chi connectivity index (χ1n) is 9.84. The van der Waals surface area contributed by atoms with Gasteiger partial charge in [-0.1, -0.05) is 0 Å². The first-order valence-corrected chi connectivity index (χ1v) is 9.84. The van der Waals surface area contributed by atoms with Crippen LogP contribution in [-0.4, -0.2) is 21.4 Å². The molecule has 8 aliphatic rings. The first-order chi connectivity index (χ1) is 10.4. The Morgan fingerprint density at radius 3 is 1.09 bits per heavy atom. The van der Waals surface area contributed by atoms with Crippen molar-refractivity contribution in [1.29, 1.82) is 0 Å². The fourth-order valence-electron chi connectivity index (χ4n) is 9.67. The van der Waals surface area contributed by atoms with Crippen molar-refractivity contribution in [3.8, 4) is 0 Å². The lowest BCUT2D eigenvalue weighted by Crippen LogP contribution is -2.67. The van der Waals surface area contributed by atoms with Crippen LogP contribution in [0.1, 0.15) is 77.0 Å². The van der Waals surface area contributed by atoms with E-state index in [0.717, 1.165) is 62.2 Å². The van der Waals surface area contributed by atoms with Crippen LogP contribution < -0.4 is 0 Å². The quantitative estimate of drug-likeness (QED) is 0.776. The van der Waals surface area contributed by atoms with E-state index in [4.69, 9.17) is 0 Å². The molecule has 0 aromatic rings. The third kappa shape index (κ3) is 1.50. The summed E-state index contributed by atoms with van der Waals surface area (Å²) in [4.78, 5) is 0. The maximum Gasteiger partial charge on any atom is 0.0658 e. The van der Waals surface area contributed by atoms with E-state index in [-0.39, 0.29) is 11.2 Å². The second kappa shape index (κ2) is 3.61. The molecule has 8 saturated carbocycles. The Morgan fingerprint density at radius 1 is 0.500 bits per heavy atom. The van der Waals surface area contributed by atoms with Gasteiger partial charge in [0, 0.05) is 0 Å². The van der Waals surface area contributed by atoms with Gasteiger partial charge in [0.2, 0.25) is 0 Å². The summed E-state index contributed by atoms with van der Waals surface area (Å²) in [6.45, 7) is 0. The standard InChI is InChI=1S/C20H30O2/c21-19-7-13-1-14(8-19)4-17(3-13,11-19)18-5-15-2-16(6-18)10-20(22,9-15)12-18/h13-16,21-22H,1-12H2. The van der Waals surface area contributed by atoms with Crippen molar-refractivity contribution in [3.05, 3.63) is 0 Å². The second-order valence-electron chi connectivity index (χ2n) is 10.9. The van der Waals surface area contributed by atoms with Crippen molar-refractivity contribution in [2.24, 2.45) is 34.5 Å². The lowest BCUT2D eigenvalue weighted by Gasteiger charge is -2.72. The maximum absolute atomic E-state index is 11.2. The Morgan fingerprint density at radius 2 is 0.818 bits per heavy atom. The summed E-state index contributed by atoms with van der Waals surface area (Å²) in [5.74, 6) is 3.14. The van der Waals surface area contributed by atoms with E-state index in [0.29, 0.717) is 10.8 Å². The molecular weight excluding hydrogens is 272 g/mol. The molecule has 0 spiro atoms. The Bertz CT molecular complexity index is 462. The molecule has 8 rings (SSSR count). The van der Waals surface area contributed by atoms with E-state index in [2.05, 4.69) is 0 Å². The molecule has 0 aromatic heterocycles.